The molecule has 1 amide bonds. The second-order valence-corrected chi connectivity index (χ2v) is 9.01. The zero-order valence-electron chi connectivity index (χ0n) is 14.4. The average Bonchev–Trinajstić information content (AvgIpc) is 3.06. The highest BCUT2D eigenvalue weighted by Crippen LogP contribution is 2.20. The molecule has 0 radical (unpaired) electrons. The zero-order valence-corrected chi connectivity index (χ0v) is 16.0. The van der Waals surface area contributed by atoms with Crippen LogP contribution in [0.2, 0.25) is 0 Å². The average molecular weight is 386 g/mol. The molecule has 3 rings (SSSR count). The van der Waals surface area contributed by atoms with Gasteiger partial charge in [0.05, 0.1) is 4.90 Å². The minimum atomic E-state index is -3.46. The van der Waals surface area contributed by atoms with E-state index in [4.69, 9.17) is 0 Å². The highest BCUT2D eigenvalue weighted by atomic mass is 32.2. The third kappa shape index (κ3) is 4.36. The minimum absolute atomic E-state index is 0.126. The number of nitrogens with one attached hydrogen (secondary N) is 1. The van der Waals surface area contributed by atoms with Gasteiger partial charge in [-0.2, -0.15) is 0 Å². The van der Waals surface area contributed by atoms with Gasteiger partial charge >= 0.3 is 0 Å². The molecule has 0 atom stereocenters. The summed E-state index contributed by atoms with van der Waals surface area (Å²) in [6.07, 6.45) is 1.58. The summed E-state index contributed by atoms with van der Waals surface area (Å²) in [6, 6.07) is 11.8. The van der Waals surface area contributed by atoms with Crippen LogP contribution in [0.25, 0.3) is 0 Å². The predicted octanol–water partition coefficient (Wildman–Crippen LogP) is 3.99. The second kappa shape index (κ2) is 7.39. The molecule has 1 heterocycles. The number of nitrogens with zero attached hydrogens (tertiary/aromatic N) is 1. The molecule has 0 saturated heterocycles. The summed E-state index contributed by atoms with van der Waals surface area (Å²) in [5, 5.41) is 5.09. The van der Waals surface area contributed by atoms with Crippen LogP contribution in [-0.4, -0.2) is 19.3 Å². The third-order valence-corrected chi connectivity index (χ3v) is 6.36. The molecule has 0 aliphatic heterocycles. The molecule has 1 N–H and O–H groups in total. The number of hydrogen-bond donors (Lipinski definition) is 1. The maximum atomic E-state index is 12.4. The molecule has 5 nitrogen and oxygen atoms in total. The van der Waals surface area contributed by atoms with E-state index in [1.807, 2.05) is 32.0 Å². The Kier molecular flexibility index (Phi) is 5.20. The molecule has 0 bridgehead atoms. The molecule has 2 aromatic carbocycles. The maximum Gasteiger partial charge on any atom is 0.255 e. The van der Waals surface area contributed by atoms with E-state index in [2.05, 4.69) is 10.3 Å². The maximum absolute atomic E-state index is 12.4. The molecule has 0 unspecified atom stereocenters. The van der Waals surface area contributed by atoms with Crippen molar-refractivity contribution in [1.82, 2.24) is 4.98 Å². The molecular formula is C19H18N2O3S2. The Balaban J connectivity index is 1.74. The first-order chi connectivity index (χ1) is 12.3. The van der Waals surface area contributed by atoms with Crippen LogP contribution in [-0.2, 0) is 15.6 Å². The van der Waals surface area contributed by atoms with Gasteiger partial charge in [0.15, 0.2) is 9.84 Å². The summed E-state index contributed by atoms with van der Waals surface area (Å²) in [6.45, 7) is 3.87. The van der Waals surface area contributed by atoms with Crippen LogP contribution in [0.1, 0.15) is 26.5 Å². The van der Waals surface area contributed by atoms with E-state index in [1.54, 1.807) is 23.7 Å². The summed E-state index contributed by atoms with van der Waals surface area (Å²) in [4.78, 5) is 16.6. The van der Waals surface area contributed by atoms with Gasteiger partial charge in [0.2, 0.25) is 0 Å². The number of carbonyl (C=O) groups excluding carboxylic acids is 1. The zero-order chi connectivity index (χ0) is 18.7. The van der Waals surface area contributed by atoms with Crippen molar-refractivity contribution in [1.29, 1.82) is 0 Å². The van der Waals surface area contributed by atoms with Gasteiger partial charge in [-0.3, -0.25) is 4.79 Å². The number of sulfone groups is 1. The van der Waals surface area contributed by atoms with Crippen LogP contribution in [0.5, 0.6) is 0 Å². The fourth-order valence-corrected chi connectivity index (χ4v) is 4.88. The third-order valence-electron chi connectivity index (χ3n) is 3.75. The van der Waals surface area contributed by atoms with Crippen LogP contribution in [0.4, 0.5) is 5.69 Å². The Labute approximate surface area is 156 Å². The number of anilines is 1. The number of hydrogen-bond acceptors (Lipinski definition) is 5. The van der Waals surface area contributed by atoms with Crippen LogP contribution >= 0.6 is 11.3 Å². The Morgan fingerprint density at radius 1 is 1.08 bits per heavy atom. The van der Waals surface area contributed by atoms with Crippen molar-refractivity contribution < 1.29 is 13.2 Å². The number of carbonyl (C=O) groups is 1. The van der Waals surface area contributed by atoms with Crippen LogP contribution < -0.4 is 5.32 Å². The lowest BCUT2D eigenvalue weighted by atomic mass is 10.1. The standard InChI is InChI=1S/C19H18N2O3S2/c1-13-9-14(2)11-15(10-13)19(22)21-16-3-5-17(6-4-16)26(23,24)12-18-20-7-8-25-18/h3-11H,12H2,1-2H3,(H,21,22). The fourth-order valence-electron chi connectivity index (χ4n) is 2.62. The number of aryl methyl sites for hydroxylation is 2. The monoisotopic (exact) mass is 386 g/mol. The van der Waals surface area contributed by atoms with Gasteiger partial charge in [0, 0.05) is 22.8 Å². The molecule has 0 fully saturated rings. The van der Waals surface area contributed by atoms with Gasteiger partial charge in [-0.15, -0.1) is 11.3 Å². The van der Waals surface area contributed by atoms with E-state index in [0.717, 1.165) is 11.1 Å². The first kappa shape index (κ1) is 18.3. The van der Waals surface area contributed by atoms with Crippen LogP contribution in [0.15, 0.2) is 58.9 Å². The number of thiazole rings is 1. The number of amides is 1. The summed E-state index contributed by atoms with van der Waals surface area (Å²) in [7, 11) is -3.46. The molecule has 0 spiro atoms. The predicted molar refractivity (Wildman–Crippen MR) is 103 cm³/mol. The van der Waals surface area contributed by atoms with E-state index in [0.29, 0.717) is 16.3 Å². The van der Waals surface area contributed by atoms with Gasteiger partial charge in [0.1, 0.15) is 10.8 Å². The number of benzene rings is 2. The van der Waals surface area contributed by atoms with E-state index >= 15 is 0 Å². The lowest BCUT2D eigenvalue weighted by Gasteiger charge is -2.08. The van der Waals surface area contributed by atoms with Gasteiger partial charge < -0.3 is 5.32 Å². The Morgan fingerprint density at radius 2 is 1.73 bits per heavy atom. The van der Waals surface area contributed by atoms with E-state index < -0.39 is 9.84 Å². The quantitative estimate of drug-likeness (QED) is 0.719. The fraction of sp³-hybridized carbons (Fsp3) is 0.158. The first-order valence-electron chi connectivity index (χ1n) is 7.94. The molecular weight excluding hydrogens is 368 g/mol. The van der Waals surface area contributed by atoms with Crippen molar-refractivity contribution in [3.63, 3.8) is 0 Å². The SMILES string of the molecule is Cc1cc(C)cc(C(=O)Nc2ccc(S(=O)(=O)Cc3nccs3)cc2)c1. The highest BCUT2D eigenvalue weighted by Gasteiger charge is 2.17. The molecule has 0 aliphatic carbocycles. The minimum Gasteiger partial charge on any atom is -0.322 e. The normalized spacial score (nSPS) is 11.3. The Hall–Kier alpha value is -2.51. The lowest BCUT2D eigenvalue weighted by molar-refractivity contribution is 0.102. The molecule has 0 saturated carbocycles. The van der Waals surface area contributed by atoms with Crippen molar-refractivity contribution in [2.45, 2.75) is 24.5 Å². The molecule has 3 aromatic rings. The molecule has 1 aromatic heterocycles. The molecule has 26 heavy (non-hydrogen) atoms. The second-order valence-electron chi connectivity index (χ2n) is 6.04. The Bertz CT molecular complexity index is 1000. The molecule has 7 heteroatoms. The summed E-state index contributed by atoms with van der Waals surface area (Å²) < 4.78 is 24.8. The van der Waals surface area contributed by atoms with Crippen molar-refractivity contribution in [2.75, 3.05) is 5.32 Å². The molecule has 0 aliphatic rings. The van der Waals surface area contributed by atoms with Crippen molar-refractivity contribution in [2.24, 2.45) is 0 Å². The summed E-state index contributed by atoms with van der Waals surface area (Å²) in [5.41, 5.74) is 3.14. The first-order valence-corrected chi connectivity index (χ1v) is 10.5. The van der Waals surface area contributed by atoms with Crippen LogP contribution in [0, 0.1) is 13.8 Å². The van der Waals surface area contributed by atoms with Gasteiger partial charge in [0.25, 0.3) is 5.91 Å². The van der Waals surface area contributed by atoms with Crippen LogP contribution in [0.3, 0.4) is 0 Å². The van der Waals surface area contributed by atoms with Gasteiger partial charge in [-0.25, -0.2) is 13.4 Å². The molecule has 134 valence electrons. The summed E-state index contributed by atoms with van der Waals surface area (Å²) >= 11 is 1.31. The smallest absolute Gasteiger partial charge is 0.255 e. The van der Waals surface area contributed by atoms with Gasteiger partial charge in [-0.05, 0) is 50.2 Å². The largest absolute Gasteiger partial charge is 0.322 e. The summed E-state index contributed by atoms with van der Waals surface area (Å²) in [5.74, 6) is -0.353. The Morgan fingerprint density at radius 3 is 2.31 bits per heavy atom. The van der Waals surface area contributed by atoms with Crippen molar-refractivity contribution in [3.05, 3.63) is 75.7 Å². The van der Waals surface area contributed by atoms with E-state index in [-0.39, 0.29) is 16.6 Å². The van der Waals surface area contributed by atoms with E-state index in [1.165, 1.54) is 23.5 Å². The van der Waals surface area contributed by atoms with Crippen molar-refractivity contribution >= 4 is 32.8 Å². The topological polar surface area (TPSA) is 76.1 Å². The number of aromatic nitrogens is 1. The van der Waals surface area contributed by atoms with E-state index in [9.17, 15) is 13.2 Å². The number of rotatable bonds is 5. The highest BCUT2D eigenvalue weighted by molar-refractivity contribution is 7.90. The van der Waals surface area contributed by atoms with Gasteiger partial charge in [-0.1, -0.05) is 17.2 Å². The lowest BCUT2D eigenvalue weighted by Crippen LogP contribution is -2.12. The van der Waals surface area contributed by atoms with Crippen molar-refractivity contribution in [3.8, 4) is 0 Å².